The average Bonchev–Trinajstić information content (AvgIpc) is 3.15. The second-order valence-corrected chi connectivity index (χ2v) is 10.4. The molecule has 0 fully saturated rings. The molecule has 7 nitrogen and oxygen atoms in total. The zero-order valence-corrected chi connectivity index (χ0v) is 19.1. The van der Waals surface area contributed by atoms with Crippen LogP contribution in [0, 0.1) is 0 Å². The highest BCUT2D eigenvalue weighted by atomic mass is 32.2. The molecule has 0 saturated heterocycles. The third-order valence-electron chi connectivity index (χ3n) is 5.97. The van der Waals surface area contributed by atoms with Gasteiger partial charge in [-0.2, -0.15) is 0 Å². The van der Waals surface area contributed by atoms with Gasteiger partial charge in [-0.1, -0.05) is 39.0 Å². The summed E-state index contributed by atoms with van der Waals surface area (Å²) in [5.41, 5.74) is 10.5. The summed E-state index contributed by atoms with van der Waals surface area (Å²) >= 11 is 0. The molecule has 2 aromatic heterocycles. The minimum atomic E-state index is -3.15. The van der Waals surface area contributed by atoms with Gasteiger partial charge in [0.25, 0.3) is 0 Å². The summed E-state index contributed by atoms with van der Waals surface area (Å²) in [6.45, 7) is 3.49. The fourth-order valence-corrected chi connectivity index (χ4v) is 5.49. The number of imidazole rings is 1. The van der Waals surface area contributed by atoms with Crippen LogP contribution in [0.5, 0.6) is 0 Å². The molecule has 0 spiro atoms. The molecule has 3 rings (SSSR count). The number of anilines is 1. The molecule has 1 aliphatic rings. The highest BCUT2D eigenvalue weighted by Gasteiger charge is 2.19. The SMILES string of the molecule is CCCCCCCCS(=O)(=O)NCCCCn1cnc2c(N)nc3c(c21)CCCC3. The van der Waals surface area contributed by atoms with Crippen LogP contribution in [-0.2, 0) is 29.4 Å². The van der Waals surface area contributed by atoms with Crippen LogP contribution < -0.4 is 10.5 Å². The number of unbranched alkanes of at least 4 members (excludes halogenated alkanes) is 6. The molecule has 0 saturated carbocycles. The number of nitrogens with two attached hydrogens (primary N) is 1. The Balaban J connectivity index is 1.44. The van der Waals surface area contributed by atoms with E-state index in [1.165, 1.54) is 31.2 Å². The summed E-state index contributed by atoms with van der Waals surface area (Å²) in [4.78, 5) is 9.05. The average molecular weight is 436 g/mol. The zero-order valence-electron chi connectivity index (χ0n) is 18.3. The second-order valence-electron chi connectivity index (χ2n) is 8.45. The van der Waals surface area contributed by atoms with Gasteiger partial charge < -0.3 is 10.3 Å². The molecule has 0 atom stereocenters. The van der Waals surface area contributed by atoms with E-state index in [4.69, 9.17) is 5.73 Å². The molecule has 0 amide bonds. The fraction of sp³-hybridized carbons (Fsp3) is 0.727. The number of nitrogens with zero attached hydrogens (tertiary/aromatic N) is 3. The van der Waals surface area contributed by atoms with Crippen molar-refractivity contribution in [3.8, 4) is 0 Å². The Morgan fingerprint density at radius 2 is 1.83 bits per heavy atom. The maximum Gasteiger partial charge on any atom is 0.211 e. The summed E-state index contributed by atoms with van der Waals surface area (Å²) in [5, 5.41) is 0. The Bertz CT molecular complexity index is 923. The highest BCUT2D eigenvalue weighted by Crippen LogP contribution is 2.30. The summed E-state index contributed by atoms with van der Waals surface area (Å²) in [6, 6.07) is 0. The predicted molar refractivity (Wildman–Crippen MR) is 123 cm³/mol. The lowest BCUT2D eigenvalue weighted by Gasteiger charge is -2.17. The normalized spacial score (nSPS) is 14.3. The summed E-state index contributed by atoms with van der Waals surface area (Å²) in [6.07, 6.45) is 14.4. The number of fused-ring (bicyclic) bond motifs is 3. The Morgan fingerprint density at radius 1 is 1.07 bits per heavy atom. The Kier molecular flexibility index (Phi) is 8.50. The van der Waals surface area contributed by atoms with Crippen molar-refractivity contribution in [3.63, 3.8) is 0 Å². The van der Waals surface area contributed by atoms with E-state index in [0.717, 1.165) is 74.6 Å². The van der Waals surface area contributed by atoms with Crippen molar-refractivity contribution in [3.05, 3.63) is 17.6 Å². The molecule has 0 bridgehead atoms. The summed E-state index contributed by atoms with van der Waals surface area (Å²) in [7, 11) is -3.15. The molecule has 0 aromatic carbocycles. The van der Waals surface area contributed by atoms with Gasteiger partial charge in [0.1, 0.15) is 5.52 Å². The Hall–Kier alpha value is -1.67. The topological polar surface area (TPSA) is 103 Å². The monoisotopic (exact) mass is 435 g/mol. The molecule has 168 valence electrons. The molecule has 8 heteroatoms. The van der Waals surface area contributed by atoms with Gasteiger partial charge in [0.2, 0.25) is 10.0 Å². The zero-order chi connectivity index (χ0) is 21.4. The van der Waals surface area contributed by atoms with Crippen molar-refractivity contribution < 1.29 is 8.42 Å². The van der Waals surface area contributed by atoms with E-state index in [1.807, 2.05) is 6.33 Å². The van der Waals surface area contributed by atoms with Crippen molar-refractivity contribution in [1.29, 1.82) is 0 Å². The molecule has 30 heavy (non-hydrogen) atoms. The lowest BCUT2D eigenvalue weighted by Crippen LogP contribution is -2.27. The van der Waals surface area contributed by atoms with E-state index in [1.54, 1.807) is 0 Å². The van der Waals surface area contributed by atoms with Crippen molar-refractivity contribution in [2.24, 2.45) is 0 Å². The van der Waals surface area contributed by atoms with E-state index >= 15 is 0 Å². The van der Waals surface area contributed by atoms with E-state index in [0.29, 0.717) is 12.4 Å². The van der Waals surface area contributed by atoms with Gasteiger partial charge in [-0.05, 0) is 50.5 Å². The van der Waals surface area contributed by atoms with Crippen LogP contribution in [0.25, 0.3) is 11.0 Å². The smallest absolute Gasteiger partial charge is 0.211 e. The number of aromatic nitrogens is 3. The fourth-order valence-electron chi connectivity index (χ4n) is 4.30. The molecule has 0 radical (unpaired) electrons. The minimum absolute atomic E-state index is 0.240. The molecule has 0 aliphatic heterocycles. The lowest BCUT2D eigenvalue weighted by atomic mass is 9.95. The molecule has 0 unspecified atom stereocenters. The highest BCUT2D eigenvalue weighted by molar-refractivity contribution is 7.89. The van der Waals surface area contributed by atoms with E-state index in [-0.39, 0.29) is 5.75 Å². The lowest BCUT2D eigenvalue weighted by molar-refractivity contribution is 0.560. The van der Waals surface area contributed by atoms with Crippen LogP contribution in [-0.4, -0.2) is 35.3 Å². The first-order chi connectivity index (χ1) is 14.5. The third kappa shape index (κ3) is 6.17. The first kappa shape index (κ1) is 23.0. The number of hydrogen-bond acceptors (Lipinski definition) is 5. The number of nitrogen functional groups attached to an aromatic ring is 1. The van der Waals surface area contributed by atoms with Crippen molar-refractivity contribution in [2.45, 2.75) is 90.5 Å². The van der Waals surface area contributed by atoms with Crippen LogP contribution in [0.4, 0.5) is 5.82 Å². The van der Waals surface area contributed by atoms with Gasteiger partial charge in [0.05, 0.1) is 17.6 Å². The van der Waals surface area contributed by atoms with Crippen LogP contribution in [0.1, 0.15) is 82.4 Å². The molecular formula is C22H37N5O2S. The number of aryl methyl sites for hydroxylation is 3. The number of pyridine rings is 1. The minimum Gasteiger partial charge on any atom is -0.382 e. The standard InChI is InChI=1S/C22H37N5O2S/c1-2-3-4-5-6-11-16-30(28,29)25-14-9-10-15-27-17-24-20-21(27)18-12-7-8-13-19(18)26-22(20)23/h17,25H,2-16H2,1H3,(H2,23,26). The van der Waals surface area contributed by atoms with Gasteiger partial charge in [-0.15, -0.1) is 0 Å². The van der Waals surface area contributed by atoms with Gasteiger partial charge in [-0.3, -0.25) is 0 Å². The van der Waals surface area contributed by atoms with Gasteiger partial charge in [0.15, 0.2) is 5.82 Å². The van der Waals surface area contributed by atoms with Crippen molar-refractivity contribution in [2.75, 3.05) is 18.0 Å². The van der Waals surface area contributed by atoms with Crippen molar-refractivity contribution >= 4 is 26.9 Å². The Labute approximate surface area is 180 Å². The van der Waals surface area contributed by atoms with Crippen LogP contribution in [0.15, 0.2) is 6.33 Å². The predicted octanol–water partition coefficient (Wildman–Crippen LogP) is 3.95. The number of hydrogen-bond donors (Lipinski definition) is 2. The third-order valence-corrected chi connectivity index (χ3v) is 7.44. The number of nitrogens with one attached hydrogen (secondary N) is 1. The van der Waals surface area contributed by atoms with Gasteiger partial charge >= 0.3 is 0 Å². The molecule has 1 aliphatic carbocycles. The van der Waals surface area contributed by atoms with E-state index in [9.17, 15) is 8.42 Å². The summed E-state index contributed by atoms with van der Waals surface area (Å²) < 4.78 is 29.2. The van der Waals surface area contributed by atoms with Crippen molar-refractivity contribution in [1.82, 2.24) is 19.3 Å². The van der Waals surface area contributed by atoms with E-state index in [2.05, 4.69) is 26.2 Å². The van der Waals surface area contributed by atoms with Crippen LogP contribution in [0.2, 0.25) is 0 Å². The maximum absolute atomic E-state index is 12.1. The van der Waals surface area contributed by atoms with Crippen LogP contribution >= 0.6 is 0 Å². The number of sulfonamides is 1. The second kappa shape index (κ2) is 11.1. The first-order valence-electron chi connectivity index (χ1n) is 11.6. The molecule has 2 aromatic rings. The van der Waals surface area contributed by atoms with Crippen LogP contribution in [0.3, 0.4) is 0 Å². The molecular weight excluding hydrogens is 398 g/mol. The first-order valence-corrected chi connectivity index (χ1v) is 13.3. The maximum atomic E-state index is 12.1. The Morgan fingerprint density at radius 3 is 2.67 bits per heavy atom. The molecule has 3 N–H and O–H groups in total. The van der Waals surface area contributed by atoms with Gasteiger partial charge in [0, 0.05) is 18.8 Å². The quantitative estimate of drug-likeness (QED) is 0.464. The number of rotatable bonds is 13. The largest absolute Gasteiger partial charge is 0.382 e. The van der Waals surface area contributed by atoms with E-state index < -0.39 is 10.0 Å². The summed E-state index contributed by atoms with van der Waals surface area (Å²) in [5.74, 6) is 0.760. The van der Waals surface area contributed by atoms with Gasteiger partial charge in [-0.25, -0.2) is 23.1 Å². The molecule has 2 heterocycles.